The van der Waals surface area contributed by atoms with Crippen LogP contribution in [0.25, 0.3) is 0 Å². The van der Waals surface area contributed by atoms with Crippen molar-refractivity contribution >= 4 is 0 Å². The third-order valence-corrected chi connectivity index (χ3v) is 2.72. The van der Waals surface area contributed by atoms with E-state index in [9.17, 15) is 0 Å². The van der Waals surface area contributed by atoms with Crippen molar-refractivity contribution in [2.45, 2.75) is 33.1 Å². The highest BCUT2D eigenvalue weighted by Gasteiger charge is 2.10. The van der Waals surface area contributed by atoms with Gasteiger partial charge in [0.15, 0.2) is 0 Å². The Morgan fingerprint density at radius 2 is 2.21 bits per heavy atom. The molecule has 0 amide bonds. The van der Waals surface area contributed by atoms with Gasteiger partial charge in [0.2, 0.25) is 0 Å². The average Bonchev–Trinajstić information content (AvgIpc) is 2.56. The first-order valence-corrected chi connectivity index (χ1v) is 5.33. The van der Waals surface area contributed by atoms with Gasteiger partial charge in [-0.1, -0.05) is 20.3 Å². The molecule has 1 unspecified atom stereocenters. The molecule has 1 N–H and O–H groups in total. The number of nitrogens with zero attached hydrogens (tertiary/aromatic N) is 2. The van der Waals surface area contributed by atoms with Gasteiger partial charge in [0.1, 0.15) is 0 Å². The van der Waals surface area contributed by atoms with Crippen LogP contribution in [-0.4, -0.2) is 21.5 Å². The van der Waals surface area contributed by atoms with Gasteiger partial charge in [0.25, 0.3) is 0 Å². The van der Waals surface area contributed by atoms with E-state index in [4.69, 9.17) is 5.11 Å². The smallest absolute Gasteiger partial charge is 0.0624 e. The van der Waals surface area contributed by atoms with Crippen molar-refractivity contribution in [3.63, 3.8) is 0 Å². The maximum Gasteiger partial charge on any atom is 0.0624 e. The van der Waals surface area contributed by atoms with Crippen LogP contribution >= 0.6 is 0 Å². The monoisotopic (exact) mass is 196 g/mol. The minimum Gasteiger partial charge on any atom is -0.396 e. The third-order valence-electron chi connectivity index (χ3n) is 2.72. The number of aliphatic hydroxyl groups is 1. The van der Waals surface area contributed by atoms with Crippen LogP contribution in [0, 0.1) is 5.92 Å². The van der Waals surface area contributed by atoms with Gasteiger partial charge in [-0.15, -0.1) is 0 Å². The van der Waals surface area contributed by atoms with Gasteiger partial charge in [-0.2, -0.15) is 5.10 Å². The van der Waals surface area contributed by atoms with Gasteiger partial charge in [-0.05, 0) is 24.8 Å². The van der Waals surface area contributed by atoms with Crippen molar-refractivity contribution in [2.24, 2.45) is 13.0 Å². The minimum atomic E-state index is 0.267. The molecule has 0 aliphatic rings. The molecule has 0 spiro atoms. The minimum absolute atomic E-state index is 0.267. The summed E-state index contributed by atoms with van der Waals surface area (Å²) in [5.41, 5.74) is 2.36. The Balaban J connectivity index is 2.69. The first kappa shape index (κ1) is 11.2. The molecule has 0 aliphatic carbocycles. The lowest BCUT2D eigenvalue weighted by atomic mass is 10.0. The fourth-order valence-corrected chi connectivity index (χ4v) is 1.57. The maximum absolute atomic E-state index is 9.11. The first-order chi connectivity index (χ1) is 6.71. The summed E-state index contributed by atoms with van der Waals surface area (Å²) in [7, 11) is 1.97. The normalized spacial score (nSPS) is 13.1. The molecule has 0 bridgehead atoms. The highest BCUT2D eigenvalue weighted by atomic mass is 16.3. The molecular weight excluding hydrogens is 176 g/mol. The van der Waals surface area contributed by atoms with Gasteiger partial charge in [0.05, 0.1) is 5.69 Å². The molecular formula is C11H20N2O. The zero-order valence-electron chi connectivity index (χ0n) is 9.32. The van der Waals surface area contributed by atoms with Crippen LogP contribution < -0.4 is 0 Å². The molecule has 1 atom stereocenters. The number of hydrogen-bond acceptors (Lipinski definition) is 2. The van der Waals surface area contributed by atoms with E-state index in [1.54, 1.807) is 0 Å². The Bertz CT molecular complexity index is 277. The number of aliphatic hydroxyl groups excluding tert-OH is 1. The van der Waals surface area contributed by atoms with E-state index in [0.29, 0.717) is 5.92 Å². The second kappa shape index (κ2) is 5.15. The molecule has 1 aromatic heterocycles. The van der Waals surface area contributed by atoms with Gasteiger partial charge < -0.3 is 5.11 Å². The second-order valence-corrected chi connectivity index (χ2v) is 3.77. The highest BCUT2D eigenvalue weighted by Crippen LogP contribution is 2.12. The lowest BCUT2D eigenvalue weighted by molar-refractivity contribution is 0.220. The van der Waals surface area contributed by atoms with E-state index in [-0.39, 0.29) is 6.61 Å². The number of hydrogen-bond donors (Lipinski definition) is 1. The summed E-state index contributed by atoms with van der Waals surface area (Å²) in [4.78, 5) is 0. The molecule has 1 heterocycles. The summed E-state index contributed by atoms with van der Waals surface area (Å²) >= 11 is 0. The van der Waals surface area contributed by atoms with E-state index in [1.165, 1.54) is 5.69 Å². The number of rotatable bonds is 5. The lowest BCUT2D eigenvalue weighted by Gasteiger charge is -2.10. The summed E-state index contributed by atoms with van der Waals surface area (Å²) in [5.74, 6) is 0.370. The molecule has 3 heteroatoms. The standard InChI is InChI=1S/C11H20N2O/c1-4-9(8-14)6-11-7-10(5-2)12-13(11)3/h7,9,14H,4-6,8H2,1-3H3. The number of aryl methyl sites for hydroxylation is 2. The molecule has 0 saturated carbocycles. The van der Waals surface area contributed by atoms with Crippen LogP contribution in [0.3, 0.4) is 0 Å². The van der Waals surface area contributed by atoms with Gasteiger partial charge in [-0.3, -0.25) is 4.68 Å². The SMILES string of the molecule is CCc1cc(CC(CC)CO)n(C)n1. The molecule has 0 aliphatic heterocycles. The predicted octanol–water partition coefficient (Wildman–Crippen LogP) is 1.54. The zero-order valence-corrected chi connectivity index (χ0v) is 9.32. The van der Waals surface area contributed by atoms with E-state index >= 15 is 0 Å². The topological polar surface area (TPSA) is 38.0 Å². The summed E-state index contributed by atoms with van der Waals surface area (Å²) in [6.07, 6.45) is 2.92. The molecule has 0 fully saturated rings. The van der Waals surface area contributed by atoms with Crippen LogP contribution in [0.5, 0.6) is 0 Å². The van der Waals surface area contributed by atoms with Gasteiger partial charge in [-0.25, -0.2) is 0 Å². The van der Waals surface area contributed by atoms with Crippen molar-refractivity contribution in [1.29, 1.82) is 0 Å². The third kappa shape index (κ3) is 2.58. The Kier molecular flexibility index (Phi) is 4.14. The molecule has 80 valence electrons. The van der Waals surface area contributed by atoms with Gasteiger partial charge in [0, 0.05) is 19.3 Å². The van der Waals surface area contributed by atoms with Crippen molar-refractivity contribution in [3.05, 3.63) is 17.5 Å². The first-order valence-electron chi connectivity index (χ1n) is 5.33. The van der Waals surface area contributed by atoms with E-state index in [0.717, 1.165) is 25.0 Å². The molecule has 14 heavy (non-hydrogen) atoms. The fourth-order valence-electron chi connectivity index (χ4n) is 1.57. The summed E-state index contributed by atoms with van der Waals surface area (Å²) < 4.78 is 1.93. The van der Waals surface area contributed by atoms with Crippen LogP contribution in [0.1, 0.15) is 31.7 Å². The highest BCUT2D eigenvalue weighted by molar-refractivity contribution is 5.10. The Morgan fingerprint density at radius 1 is 1.50 bits per heavy atom. The average molecular weight is 196 g/mol. The maximum atomic E-state index is 9.11. The Hall–Kier alpha value is -0.830. The quantitative estimate of drug-likeness (QED) is 0.775. The van der Waals surface area contributed by atoms with Crippen LogP contribution in [0.4, 0.5) is 0 Å². The Morgan fingerprint density at radius 3 is 2.64 bits per heavy atom. The van der Waals surface area contributed by atoms with Crippen molar-refractivity contribution in [1.82, 2.24) is 9.78 Å². The van der Waals surface area contributed by atoms with Crippen molar-refractivity contribution in [2.75, 3.05) is 6.61 Å². The Labute approximate surface area is 85.8 Å². The molecule has 1 aromatic rings. The molecule has 3 nitrogen and oxygen atoms in total. The molecule has 0 radical (unpaired) electrons. The molecule has 0 saturated heterocycles. The van der Waals surface area contributed by atoms with Crippen molar-refractivity contribution < 1.29 is 5.11 Å². The predicted molar refractivity (Wildman–Crippen MR) is 57.2 cm³/mol. The lowest BCUT2D eigenvalue weighted by Crippen LogP contribution is -2.11. The van der Waals surface area contributed by atoms with E-state index < -0.39 is 0 Å². The van der Waals surface area contributed by atoms with Crippen LogP contribution in [-0.2, 0) is 19.9 Å². The van der Waals surface area contributed by atoms with E-state index in [2.05, 4.69) is 25.0 Å². The molecule has 1 rings (SSSR count). The summed E-state index contributed by atoms with van der Waals surface area (Å²) in [6, 6.07) is 2.14. The second-order valence-electron chi connectivity index (χ2n) is 3.77. The largest absolute Gasteiger partial charge is 0.396 e. The van der Waals surface area contributed by atoms with E-state index in [1.807, 2.05) is 11.7 Å². The summed E-state index contributed by atoms with van der Waals surface area (Å²) in [5, 5.41) is 13.5. The van der Waals surface area contributed by atoms with Crippen LogP contribution in [0.2, 0.25) is 0 Å². The zero-order chi connectivity index (χ0) is 10.6. The van der Waals surface area contributed by atoms with Crippen LogP contribution in [0.15, 0.2) is 6.07 Å². The molecule has 0 aromatic carbocycles. The summed E-state index contributed by atoms with van der Waals surface area (Å²) in [6.45, 7) is 4.48. The fraction of sp³-hybridized carbons (Fsp3) is 0.727. The van der Waals surface area contributed by atoms with Gasteiger partial charge >= 0.3 is 0 Å². The van der Waals surface area contributed by atoms with Crippen molar-refractivity contribution in [3.8, 4) is 0 Å². The number of aromatic nitrogens is 2.